The normalized spacial score (nSPS) is 14.2. The number of phosphoric ester groups is 2. The number of aliphatic hydroxyl groups is 1. The van der Waals surface area contributed by atoms with Gasteiger partial charge < -0.3 is 33.8 Å². The zero-order valence-corrected chi connectivity index (χ0v) is 63.1. The van der Waals surface area contributed by atoms with E-state index in [0.717, 1.165) is 154 Å². The van der Waals surface area contributed by atoms with E-state index in [1.165, 1.54) is 128 Å². The molecule has 0 aliphatic carbocycles. The number of unbranched alkanes of at least 4 members (excludes halogenated alkanes) is 40. The Labute approximate surface area is 585 Å². The summed E-state index contributed by atoms with van der Waals surface area (Å²) < 4.78 is 68.4. The van der Waals surface area contributed by atoms with Crippen molar-refractivity contribution in [3.8, 4) is 0 Å². The van der Waals surface area contributed by atoms with Gasteiger partial charge in [-0.15, -0.1) is 0 Å². The molecule has 0 aliphatic heterocycles. The maximum atomic E-state index is 13.1. The molecule has 0 aromatic carbocycles. The van der Waals surface area contributed by atoms with Crippen molar-refractivity contribution in [2.24, 2.45) is 0 Å². The van der Waals surface area contributed by atoms with Gasteiger partial charge in [-0.1, -0.05) is 263 Å². The van der Waals surface area contributed by atoms with Crippen molar-refractivity contribution < 1.29 is 80.2 Å². The molecule has 0 rings (SSSR count). The Morgan fingerprint density at radius 2 is 0.490 bits per heavy atom. The molecule has 562 valence electrons. The molecule has 0 spiro atoms. The molecular formula is C77H142O17P2. The SMILES string of the molecule is CCCC/C=C\CCCCCCCC(=O)OC(COC(=O)CCCCCCC/C=C\CCCCCCCC)COP(=O)(O)OCC(O)COP(=O)(O)OCC(COC(=O)CCCCCCC/C=C\CCCCCCCC)OC(=O)CCCCCCC/C=C\CCCCCCCC. The molecule has 0 aromatic rings. The first-order chi connectivity index (χ1) is 46.7. The third-order valence-corrected chi connectivity index (χ3v) is 18.6. The fourth-order valence-electron chi connectivity index (χ4n) is 10.7. The van der Waals surface area contributed by atoms with Gasteiger partial charge >= 0.3 is 39.5 Å². The summed E-state index contributed by atoms with van der Waals surface area (Å²) in [7, 11) is -9.94. The van der Waals surface area contributed by atoms with E-state index in [1.54, 1.807) is 0 Å². The van der Waals surface area contributed by atoms with Crippen LogP contribution >= 0.6 is 15.6 Å². The summed E-state index contributed by atoms with van der Waals surface area (Å²) >= 11 is 0. The molecule has 17 nitrogen and oxygen atoms in total. The number of carbonyl (C=O) groups excluding carboxylic acids is 4. The summed E-state index contributed by atoms with van der Waals surface area (Å²) in [6.07, 6.45) is 66.7. The Kier molecular flexibility index (Phi) is 68.3. The van der Waals surface area contributed by atoms with Gasteiger partial charge in [0, 0.05) is 25.7 Å². The van der Waals surface area contributed by atoms with Crippen molar-refractivity contribution in [2.75, 3.05) is 39.6 Å². The zero-order chi connectivity index (χ0) is 70.4. The first kappa shape index (κ1) is 93.0. The maximum absolute atomic E-state index is 13.1. The fraction of sp³-hybridized carbons (Fsp3) is 0.844. The molecule has 0 amide bonds. The number of esters is 4. The minimum absolute atomic E-state index is 0.0872. The average Bonchev–Trinajstić information content (AvgIpc) is 1.98. The number of hydrogen-bond acceptors (Lipinski definition) is 15. The second kappa shape index (κ2) is 70.5. The van der Waals surface area contributed by atoms with Gasteiger partial charge in [0.05, 0.1) is 26.4 Å². The Bertz CT molecular complexity index is 2010. The van der Waals surface area contributed by atoms with E-state index in [4.69, 9.17) is 37.0 Å². The molecule has 5 unspecified atom stereocenters. The number of ether oxygens (including phenoxy) is 4. The number of aliphatic hydroxyl groups excluding tert-OH is 1. The number of allylic oxidation sites excluding steroid dienone is 8. The van der Waals surface area contributed by atoms with Gasteiger partial charge in [-0.2, -0.15) is 0 Å². The molecule has 0 aromatic heterocycles. The lowest BCUT2D eigenvalue weighted by Crippen LogP contribution is -2.30. The van der Waals surface area contributed by atoms with Crippen LogP contribution in [0.1, 0.15) is 362 Å². The maximum Gasteiger partial charge on any atom is 0.472 e. The van der Waals surface area contributed by atoms with Crippen LogP contribution in [-0.2, 0) is 65.4 Å². The molecule has 3 N–H and O–H groups in total. The van der Waals surface area contributed by atoms with Crippen LogP contribution in [0.3, 0.4) is 0 Å². The first-order valence-electron chi connectivity index (χ1n) is 38.9. The van der Waals surface area contributed by atoms with Crippen LogP contribution in [0.25, 0.3) is 0 Å². The van der Waals surface area contributed by atoms with E-state index >= 15 is 0 Å². The van der Waals surface area contributed by atoms with Gasteiger partial charge in [0.25, 0.3) is 0 Å². The first-order valence-corrected chi connectivity index (χ1v) is 41.9. The third-order valence-electron chi connectivity index (χ3n) is 16.7. The summed E-state index contributed by atoms with van der Waals surface area (Å²) in [6, 6.07) is 0. The predicted octanol–water partition coefficient (Wildman–Crippen LogP) is 22.1. The lowest BCUT2D eigenvalue weighted by Gasteiger charge is -2.21. The fourth-order valence-corrected chi connectivity index (χ4v) is 12.3. The summed E-state index contributed by atoms with van der Waals surface area (Å²) in [4.78, 5) is 72.8. The second-order valence-corrected chi connectivity index (χ2v) is 29.2. The number of rotatable bonds is 74. The molecule has 5 atom stereocenters. The third kappa shape index (κ3) is 69.5. The predicted molar refractivity (Wildman–Crippen MR) is 390 cm³/mol. The van der Waals surface area contributed by atoms with E-state index < -0.39 is 97.5 Å². The van der Waals surface area contributed by atoms with Crippen LogP contribution in [0, 0.1) is 0 Å². The summed E-state index contributed by atoms with van der Waals surface area (Å²) in [5, 5.41) is 10.6. The van der Waals surface area contributed by atoms with Crippen molar-refractivity contribution in [3.05, 3.63) is 48.6 Å². The molecule has 0 radical (unpaired) electrons. The number of phosphoric acid groups is 2. The van der Waals surface area contributed by atoms with Crippen molar-refractivity contribution in [1.29, 1.82) is 0 Å². The van der Waals surface area contributed by atoms with Crippen molar-refractivity contribution in [1.82, 2.24) is 0 Å². The number of carbonyl (C=O) groups is 4. The van der Waals surface area contributed by atoms with Crippen LogP contribution in [0.15, 0.2) is 48.6 Å². The molecule has 0 saturated carbocycles. The van der Waals surface area contributed by atoms with Gasteiger partial charge in [0.1, 0.15) is 19.3 Å². The van der Waals surface area contributed by atoms with Crippen LogP contribution in [0.4, 0.5) is 0 Å². The van der Waals surface area contributed by atoms with Gasteiger partial charge in [-0.3, -0.25) is 37.3 Å². The van der Waals surface area contributed by atoms with E-state index in [1.807, 2.05) is 0 Å². The van der Waals surface area contributed by atoms with Gasteiger partial charge in [0.15, 0.2) is 12.2 Å². The van der Waals surface area contributed by atoms with Crippen LogP contribution in [0.2, 0.25) is 0 Å². The summed E-state index contributed by atoms with van der Waals surface area (Å²) in [5.74, 6) is -2.18. The van der Waals surface area contributed by atoms with Crippen LogP contribution in [-0.4, -0.2) is 96.7 Å². The smallest absolute Gasteiger partial charge is 0.462 e. The van der Waals surface area contributed by atoms with E-state index in [9.17, 15) is 43.2 Å². The highest BCUT2D eigenvalue weighted by Gasteiger charge is 2.30. The molecule has 0 fully saturated rings. The minimum Gasteiger partial charge on any atom is -0.462 e. The lowest BCUT2D eigenvalue weighted by atomic mass is 10.1. The highest BCUT2D eigenvalue weighted by atomic mass is 31.2. The van der Waals surface area contributed by atoms with Crippen molar-refractivity contribution in [3.63, 3.8) is 0 Å². The van der Waals surface area contributed by atoms with E-state index in [2.05, 4.69) is 76.3 Å². The largest absolute Gasteiger partial charge is 0.472 e. The Morgan fingerprint density at radius 3 is 0.750 bits per heavy atom. The highest BCUT2D eigenvalue weighted by Crippen LogP contribution is 2.45. The summed E-state index contributed by atoms with van der Waals surface area (Å²) in [5.41, 5.74) is 0. The van der Waals surface area contributed by atoms with E-state index in [-0.39, 0.29) is 25.7 Å². The zero-order valence-electron chi connectivity index (χ0n) is 61.3. The Morgan fingerprint density at radius 1 is 0.281 bits per heavy atom. The van der Waals surface area contributed by atoms with Crippen molar-refractivity contribution in [2.45, 2.75) is 380 Å². The van der Waals surface area contributed by atoms with Crippen LogP contribution in [0.5, 0.6) is 0 Å². The average molecular weight is 1400 g/mol. The summed E-state index contributed by atoms with van der Waals surface area (Å²) in [6.45, 7) is 4.84. The minimum atomic E-state index is -4.97. The van der Waals surface area contributed by atoms with Crippen LogP contribution < -0.4 is 0 Å². The molecule has 19 heteroatoms. The molecular weight excluding hydrogens is 1260 g/mol. The van der Waals surface area contributed by atoms with Gasteiger partial charge in [-0.25, -0.2) is 9.13 Å². The van der Waals surface area contributed by atoms with E-state index in [0.29, 0.717) is 25.7 Å². The molecule has 0 saturated heterocycles. The standard InChI is InChI=1S/C77H142O17P2/c1-5-9-13-17-21-25-29-32-35-38-42-45-49-53-57-61-74(79)87-67-72(93-76(81)63-59-55-51-47-41-28-24-20-16-12-8-4)69-91-95(83,84)89-65-71(78)66-90-96(85,86)92-70-73(94-77(82)64-60-56-52-48-44-40-37-34-31-27-23-19-15-11-7-3)68-88-75(80)62-58-54-50-46-43-39-36-33-30-26-22-18-14-10-6-2/h20,24,32-37,71-73,78H,5-19,21-23,25-31,38-70H2,1-4H3,(H,83,84)(H,85,86)/b24-20-,35-32-,36-33-,37-34-. The molecule has 0 aliphatic rings. The number of hydrogen-bond donors (Lipinski definition) is 3. The molecule has 96 heavy (non-hydrogen) atoms. The lowest BCUT2D eigenvalue weighted by molar-refractivity contribution is -0.161. The van der Waals surface area contributed by atoms with Gasteiger partial charge in [-0.05, 0) is 122 Å². The molecule has 0 heterocycles. The second-order valence-electron chi connectivity index (χ2n) is 26.3. The Balaban J connectivity index is 5.31. The quantitative estimate of drug-likeness (QED) is 0.0169. The van der Waals surface area contributed by atoms with Gasteiger partial charge in [0.2, 0.25) is 0 Å². The molecule has 0 bridgehead atoms. The topological polar surface area (TPSA) is 237 Å². The highest BCUT2D eigenvalue weighted by molar-refractivity contribution is 7.47. The Hall–Kier alpha value is -2.98. The van der Waals surface area contributed by atoms with Crippen molar-refractivity contribution >= 4 is 39.5 Å². The monoisotopic (exact) mass is 1400 g/mol.